The van der Waals surface area contributed by atoms with Gasteiger partial charge < -0.3 is 0 Å². The van der Waals surface area contributed by atoms with Crippen LogP contribution in [0.5, 0.6) is 0 Å². The van der Waals surface area contributed by atoms with E-state index in [9.17, 15) is 4.79 Å². The third-order valence-electron chi connectivity index (χ3n) is 1.52. The van der Waals surface area contributed by atoms with Crippen molar-refractivity contribution < 1.29 is 4.79 Å². The Kier molecular flexibility index (Phi) is 1.57. The van der Waals surface area contributed by atoms with Gasteiger partial charge in [-0.05, 0) is 0 Å². The van der Waals surface area contributed by atoms with Gasteiger partial charge in [0.15, 0.2) is 5.15 Å². The number of urea groups is 1. The first-order valence-electron chi connectivity index (χ1n) is 3.28. The Morgan fingerprint density at radius 1 is 1.38 bits per heavy atom. The average molecular weight is 193 g/mol. The van der Waals surface area contributed by atoms with Gasteiger partial charge in [-0.25, -0.2) is 9.78 Å². The molecule has 0 saturated heterocycles. The van der Waals surface area contributed by atoms with Gasteiger partial charge in [0, 0.05) is 6.20 Å². The zero-order valence-corrected chi connectivity index (χ0v) is 6.91. The van der Waals surface area contributed by atoms with Crippen molar-refractivity contribution in [1.82, 2.24) is 4.98 Å². The molecule has 0 saturated carbocycles. The van der Waals surface area contributed by atoms with E-state index in [0.717, 1.165) is 0 Å². The van der Waals surface area contributed by atoms with E-state index in [4.69, 9.17) is 16.9 Å². The fourth-order valence-corrected chi connectivity index (χ4v) is 1.16. The Labute approximate surface area is 77.0 Å². The SMILES string of the molecule is N#Cc1cnc(Cl)c2c1=NC(=O)N=2. The van der Waals surface area contributed by atoms with Gasteiger partial charge in [-0.3, -0.25) is 0 Å². The van der Waals surface area contributed by atoms with Crippen molar-refractivity contribution in [2.24, 2.45) is 9.98 Å². The molecule has 5 nitrogen and oxygen atoms in total. The number of nitrogens with zero attached hydrogens (tertiary/aromatic N) is 4. The minimum atomic E-state index is -0.651. The number of carbonyl (C=O) groups excluding carboxylic acids is 1. The molecule has 0 aliphatic carbocycles. The number of pyridine rings is 1. The van der Waals surface area contributed by atoms with Crippen molar-refractivity contribution >= 4 is 17.6 Å². The molecule has 62 valence electrons. The summed E-state index contributed by atoms with van der Waals surface area (Å²) in [5, 5.41) is 9.12. The molecule has 0 aromatic carbocycles. The predicted octanol–water partition coefficient (Wildman–Crippen LogP) is -0.0205. The summed E-state index contributed by atoms with van der Waals surface area (Å²) in [7, 11) is 0. The van der Waals surface area contributed by atoms with E-state index in [1.165, 1.54) is 6.20 Å². The molecule has 0 radical (unpaired) electrons. The highest BCUT2D eigenvalue weighted by Gasteiger charge is 2.12. The van der Waals surface area contributed by atoms with Gasteiger partial charge in [-0.2, -0.15) is 15.2 Å². The molecule has 2 rings (SSSR count). The largest absolute Gasteiger partial charge is 0.368 e. The van der Waals surface area contributed by atoms with Crippen LogP contribution < -0.4 is 10.7 Å². The van der Waals surface area contributed by atoms with Gasteiger partial charge in [0.1, 0.15) is 16.8 Å². The number of hydrogen-bond acceptors (Lipinski definition) is 3. The number of fused-ring (bicyclic) bond motifs is 1. The maximum Gasteiger partial charge on any atom is 0.368 e. The summed E-state index contributed by atoms with van der Waals surface area (Å²) in [4.78, 5) is 21.5. The molecule has 13 heavy (non-hydrogen) atoms. The standard InChI is InChI=1S/C7HClN4O/c8-6-5-4(11-7(13)12-5)3(1-9)2-10-6/h2H. The highest BCUT2D eigenvalue weighted by molar-refractivity contribution is 6.29. The number of amides is 2. The number of aromatic nitrogens is 1. The molecule has 2 heterocycles. The predicted molar refractivity (Wildman–Crippen MR) is 41.7 cm³/mol. The molecule has 1 aliphatic heterocycles. The normalized spacial score (nSPS) is 12.8. The molecule has 1 aromatic rings. The van der Waals surface area contributed by atoms with Crippen LogP contribution in [-0.2, 0) is 0 Å². The quantitative estimate of drug-likeness (QED) is 0.542. The Morgan fingerprint density at radius 2 is 2.08 bits per heavy atom. The van der Waals surface area contributed by atoms with Crippen molar-refractivity contribution in [2.75, 3.05) is 0 Å². The number of halogens is 1. The van der Waals surface area contributed by atoms with Gasteiger partial charge in [0.25, 0.3) is 0 Å². The second-order valence-corrected chi connectivity index (χ2v) is 2.64. The Balaban J connectivity index is 3.00. The summed E-state index contributed by atoms with van der Waals surface area (Å²) in [6.45, 7) is 0. The smallest absolute Gasteiger partial charge is 0.244 e. The zero-order valence-electron chi connectivity index (χ0n) is 6.15. The van der Waals surface area contributed by atoms with E-state index < -0.39 is 6.03 Å². The number of carbonyl (C=O) groups is 1. The van der Waals surface area contributed by atoms with Crippen LogP contribution in [0.3, 0.4) is 0 Å². The van der Waals surface area contributed by atoms with Crippen LogP contribution in [0.2, 0.25) is 5.15 Å². The summed E-state index contributed by atoms with van der Waals surface area (Å²) in [6, 6.07) is 1.20. The molecule has 0 bridgehead atoms. The summed E-state index contributed by atoms with van der Waals surface area (Å²) >= 11 is 5.64. The van der Waals surface area contributed by atoms with Gasteiger partial charge in [0.2, 0.25) is 0 Å². The Hall–Kier alpha value is -1.80. The number of rotatable bonds is 0. The van der Waals surface area contributed by atoms with Crippen molar-refractivity contribution in [3.8, 4) is 6.07 Å². The van der Waals surface area contributed by atoms with Crippen LogP contribution in [0, 0.1) is 11.3 Å². The Bertz CT molecular complexity index is 557. The second-order valence-electron chi connectivity index (χ2n) is 2.28. The third kappa shape index (κ3) is 1.08. The van der Waals surface area contributed by atoms with Gasteiger partial charge in [-0.15, -0.1) is 0 Å². The molecular formula is C7HClN4O. The van der Waals surface area contributed by atoms with Crippen LogP contribution in [-0.4, -0.2) is 11.0 Å². The van der Waals surface area contributed by atoms with Crippen molar-refractivity contribution in [1.29, 1.82) is 5.26 Å². The highest BCUT2D eigenvalue weighted by atomic mass is 35.5. The molecule has 0 N–H and O–H groups in total. The van der Waals surface area contributed by atoms with Gasteiger partial charge >= 0.3 is 6.03 Å². The first kappa shape index (κ1) is 7.83. The molecular weight excluding hydrogens is 192 g/mol. The minimum Gasteiger partial charge on any atom is -0.244 e. The number of hydrogen-bond donors (Lipinski definition) is 0. The maximum absolute atomic E-state index is 10.8. The van der Waals surface area contributed by atoms with Crippen LogP contribution in [0.25, 0.3) is 0 Å². The van der Waals surface area contributed by atoms with Crippen LogP contribution in [0.4, 0.5) is 4.79 Å². The molecule has 6 heteroatoms. The monoisotopic (exact) mass is 192 g/mol. The van der Waals surface area contributed by atoms with Crippen molar-refractivity contribution in [2.45, 2.75) is 0 Å². The average Bonchev–Trinajstić information content (AvgIpc) is 2.48. The lowest BCUT2D eigenvalue weighted by Crippen LogP contribution is -2.27. The summed E-state index contributed by atoms with van der Waals surface area (Å²) in [5.74, 6) is 0. The summed E-state index contributed by atoms with van der Waals surface area (Å²) in [6.07, 6.45) is 1.26. The number of nitriles is 1. The fraction of sp³-hybridized carbons (Fsp3) is 0. The van der Waals surface area contributed by atoms with Crippen molar-refractivity contribution in [3.05, 3.63) is 27.6 Å². The highest BCUT2D eigenvalue weighted by Crippen LogP contribution is 1.97. The molecule has 2 amide bonds. The second kappa shape index (κ2) is 2.61. The Morgan fingerprint density at radius 3 is 2.77 bits per heavy atom. The zero-order chi connectivity index (χ0) is 9.42. The van der Waals surface area contributed by atoms with E-state index in [2.05, 4.69) is 15.0 Å². The molecule has 1 aliphatic rings. The maximum atomic E-state index is 10.8. The van der Waals surface area contributed by atoms with Crippen molar-refractivity contribution in [3.63, 3.8) is 0 Å². The third-order valence-corrected chi connectivity index (χ3v) is 1.79. The minimum absolute atomic E-state index is 0.0867. The topological polar surface area (TPSA) is 78.5 Å². The molecule has 0 unspecified atom stereocenters. The van der Waals surface area contributed by atoms with E-state index in [-0.39, 0.29) is 21.4 Å². The molecule has 0 spiro atoms. The molecule has 1 aromatic heterocycles. The van der Waals surface area contributed by atoms with Crippen LogP contribution >= 0.6 is 11.6 Å². The fourth-order valence-electron chi connectivity index (χ4n) is 0.979. The summed E-state index contributed by atoms with van der Waals surface area (Å²) < 4.78 is 0. The lowest BCUT2D eigenvalue weighted by atomic mass is 10.3. The van der Waals surface area contributed by atoms with E-state index in [1.807, 2.05) is 6.07 Å². The first-order valence-corrected chi connectivity index (χ1v) is 3.66. The lowest BCUT2D eigenvalue weighted by Gasteiger charge is -1.87. The van der Waals surface area contributed by atoms with Gasteiger partial charge in [0.05, 0.1) is 5.56 Å². The van der Waals surface area contributed by atoms with Gasteiger partial charge in [-0.1, -0.05) is 11.6 Å². The van der Waals surface area contributed by atoms with Crippen LogP contribution in [0.1, 0.15) is 5.56 Å². The van der Waals surface area contributed by atoms with E-state index in [0.29, 0.717) is 0 Å². The lowest BCUT2D eigenvalue weighted by molar-refractivity contribution is 0.256. The summed E-state index contributed by atoms with van der Waals surface area (Å²) in [5.41, 5.74) is 0.203. The molecule has 0 atom stereocenters. The van der Waals surface area contributed by atoms with Crippen LogP contribution in [0.15, 0.2) is 16.2 Å². The first-order chi connectivity index (χ1) is 6.22. The van der Waals surface area contributed by atoms with E-state index >= 15 is 0 Å². The van der Waals surface area contributed by atoms with E-state index in [1.54, 1.807) is 0 Å². The molecule has 0 fully saturated rings.